The predicted octanol–water partition coefficient (Wildman–Crippen LogP) is 34.9. The van der Waals surface area contributed by atoms with Gasteiger partial charge in [-0.2, -0.15) is 0 Å². The molecular formula is C131H91N13S3Se2. The van der Waals surface area contributed by atoms with Crippen molar-refractivity contribution < 1.29 is 0 Å². The Hall–Kier alpha value is -16.8. The number of hydrogen-bond donors (Lipinski definition) is 0. The number of fused-ring (bicyclic) bond motifs is 38. The molecule has 0 radical (unpaired) electrons. The molecule has 0 aliphatic rings. The molecule has 0 saturated heterocycles. The summed E-state index contributed by atoms with van der Waals surface area (Å²) in [6.07, 6.45) is 25.3. The summed E-state index contributed by atoms with van der Waals surface area (Å²) in [6, 6.07) is 134. The molecule has 710 valence electrons. The Balaban J connectivity index is 0.0000000905. The monoisotopic (exact) mass is 2100 g/mol. The van der Waals surface area contributed by atoms with E-state index in [-0.39, 0.29) is 14.5 Å². The van der Waals surface area contributed by atoms with E-state index < -0.39 is 0 Å². The van der Waals surface area contributed by atoms with Gasteiger partial charge in [-0.05, 0) is 96.8 Å². The molecule has 0 spiro atoms. The zero-order valence-corrected chi connectivity index (χ0v) is 87.2. The minimum atomic E-state index is 0.279. The number of nitrogens with zero attached hydrogens (tertiary/aromatic N) is 13. The molecule has 17 aromatic heterocycles. The van der Waals surface area contributed by atoms with Gasteiger partial charge >= 0.3 is 381 Å². The number of aryl methyl sites for hydroxylation is 1. The number of hydrogen-bond acceptors (Lipinski definition) is 10. The Morgan fingerprint density at radius 1 is 0.268 bits per heavy atom. The molecule has 32 aromatic rings. The van der Waals surface area contributed by atoms with Crippen LogP contribution in [0.1, 0.15) is 58.8 Å². The summed E-state index contributed by atoms with van der Waals surface area (Å²) in [7, 11) is 0. The molecule has 149 heavy (non-hydrogen) atoms. The van der Waals surface area contributed by atoms with Crippen molar-refractivity contribution in [2.45, 2.75) is 65.3 Å². The average molecular weight is 2100 g/mol. The van der Waals surface area contributed by atoms with Crippen molar-refractivity contribution in [1.29, 1.82) is 0 Å². The first-order chi connectivity index (χ1) is 73.9. The van der Waals surface area contributed by atoms with Crippen LogP contribution in [0.5, 0.6) is 0 Å². The summed E-state index contributed by atoms with van der Waals surface area (Å²) in [5.74, 6) is 3.30. The van der Waals surface area contributed by atoms with Gasteiger partial charge in [-0.25, -0.2) is 15.0 Å². The number of thiophene rings is 3. The van der Waals surface area contributed by atoms with Gasteiger partial charge < -0.3 is 4.57 Å². The molecule has 0 aliphatic carbocycles. The SMILES string of the molecule is CCCCC#Cn1c2ccc3c4ccccc4sc3c2c2nccnc21.CCCCCCn1c2ccc3c4ccccc4sc3c2c2cccnc21.c1ccc(-c2cccc(-n3c4ncccc4c4ccc5sc6cnccc6c5c43)c2)cc1.c1ccc(-n2c3ccc4c5ccccc5[se]c4c3c3cccnc32)cc1.c1ccc(-n2c3ccccc3c3cc(-n4c5cnccc5c5c6[se]c7ccccc7c6ccc54)ccc32)cc1. The minimum absolute atomic E-state index is 0.279. The van der Waals surface area contributed by atoms with E-state index in [9.17, 15) is 0 Å². The van der Waals surface area contributed by atoms with Gasteiger partial charge in [0.1, 0.15) is 16.8 Å². The molecule has 18 heteroatoms. The Bertz CT molecular complexity index is 11000. The Kier molecular flexibility index (Phi) is 22.8. The van der Waals surface area contributed by atoms with Gasteiger partial charge in [-0.1, -0.05) is 149 Å². The van der Waals surface area contributed by atoms with Crippen LogP contribution in [0.2, 0.25) is 0 Å². The number of rotatable bonds is 12. The normalized spacial score (nSPS) is 11.9. The van der Waals surface area contributed by atoms with E-state index in [0.29, 0.717) is 14.5 Å². The summed E-state index contributed by atoms with van der Waals surface area (Å²) in [5.41, 5.74) is 21.7. The fourth-order valence-corrected chi connectivity index (χ4v) is 31.5. The van der Waals surface area contributed by atoms with Gasteiger partial charge in [0, 0.05) is 145 Å². The third-order valence-electron chi connectivity index (χ3n) is 29.3. The standard InChI is InChI=1S/C35H21N3Se.C28H17N3S.C23H22N2S.C23H14N2Se.C22H17N3S/c1-2-8-22(9-3-1)37-29-12-6-4-10-24(29)28-20-23(14-16-30(28)37)38-31-17-15-26-25-11-5-7-13-33(25)39-35(26)34(31)27-18-19-36-21-32(27)38;1-2-6-18(7-3-1)19-8-4-9-20(16-19)31-27-21(22-10-5-14-30-28(22)31)11-12-24-26(27)23-13-15-29-17-25(23)32-24;1-2-3-4-7-15-25-19-13-12-17-16-9-5-6-11-20(16)26-22(17)21(19)18-10-8-14-24-23(18)25;1-2-7-15(8-3-1)25-19-13-12-17-16-9-4-5-11-20(16)26-22(17)21(19)18-10-6-14-24-23(18)25;1-2-3-4-7-14-25-17-11-10-16-15-8-5-6-9-18(15)26-21(16)19(17)20-22(25)24-13-12-23-20/h1-21H;1-17H;5-6,8-14H,2-4,7,15H2,1H3;1-14H;5-6,8-13H,2-4H2,1H3. The van der Waals surface area contributed by atoms with Crippen LogP contribution in [-0.4, -0.2) is 91.3 Å². The summed E-state index contributed by atoms with van der Waals surface area (Å²) in [6.45, 7) is 5.50. The third-order valence-corrected chi connectivity index (χ3v) is 37.9. The zero-order chi connectivity index (χ0) is 98.7. The van der Waals surface area contributed by atoms with Crippen molar-refractivity contribution in [2.75, 3.05) is 0 Å². The molecule has 0 unspecified atom stereocenters. The van der Waals surface area contributed by atoms with Crippen molar-refractivity contribution in [3.63, 3.8) is 0 Å². The van der Waals surface area contributed by atoms with Gasteiger partial charge in [-0.15, -0.1) is 34.0 Å². The van der Waals surface area contributed by atoms with E-state index in [0.717, 1.165) is 87.4 Å². The summed E-state index contributed by atoms with van der Waals surface area (Å²) >= 11 is 6.14. The van der Waals surface area contributed by atoms with Gasteiger partial charge in [0.15, 0.2) is 5.65 Å². The van der Waals surface area contributed by atoms with Gasteiger partial charge in [-0.3, -0.25) is 19.1 Å². The zero-order valence-electron chi connectivity index (χ0n) is 81.3. The van der Waals surface area contributed by atoms with E-state index in [1.54, 1.807) is 23.7 Å². The molecule has 0 bridgehead atoms. The second-order valence-corrected chi connectivity index (χ2v) is 45.5. The average Bonchev–Trinajstić information content (AvgIpc) is 1.55. The number of aromatic nitrogens is 13. The number of para-hydroxylation sites is 3. The van der Waals surface area contributed by atoms with Crippen molar-refractivity contribution in [3.8, 4) is 45.8 Å². The van der Waals surface area contributed by atoms with E-state index >= 15 is 0 Å². The topological polar surface area (TPSA) is 120 Å². The quantitative estimate of drug-likeness (QED) is 0.0679. The number of unbranched alkanes of at least 4 members (excludes halogenated alkanes) is 5. The van der Waals surface area contributed by atoms with Crippen LogP contribution in [0.15, 0.2) is 420 Å². The van der Waals surface area contributed by atoms with E-state index in [1.807, 2.05) is 82.8 Å². The van der Waals surface area contributed by atoms with Crippen LogP contribution in [0.25, 0.3) is 264 Å². The summed E-state index contributed by atoms with van der Waals surface area (Å²) in [5, 5.41) is 27.4. The Morgan fingerprint density at radius 2 is 0.785 bits per heavy atom. The first-order valence-corrected chi connectivity index (χ1v) is 56.7. The first-order valence-electron chi connectivity index (χ1n) is 50.9. The van der Waals surface area contributed by atoms with Crippen LogP contribution in [-0.2, 0) is 6.54 Å². The van der Waals surface area contributed by atoms with E-state index in [4.69, 9.17) is 15.0 Å². The van der Waals surface area contributed by atoms with Crippen LogP contribution < -0.4 is 0 Å². The molecule has 0 saturated carbocycles. The molecule has 0 amide bonds. The summed E-state index contributed by atoms with van der Waals surface area (Å²) in [4.78, 5) is 32.4. The van der Waals surface area contributed by atoms with Crippen molar-refractivity contribution in [2.24, 2.45) is 0 Å². The van der Waals surface area contributed by atoms with Crippen molar-refractivity contribution in [3.05, 3.63) is 420 Å². The molecule has 15 aromatic carbocycles. The second-order valence-electron chi connectivity index (χ2n) is 37.9. The van der Waals surface area contributed by atoms with E-state index in [1.165, 1.54) is 229 Å². The molecule has 0 aliphatic heterocycles. The number of benzene rings is 15. The molecule has 32 rings (SSSR count). The first kappa shape index (κ1) is 89.8. The summed E-state index contributed by atoms with van der Waals surface area (Å²) < 4.78 is 27.6. The molecule has 0 atom stereocenters. The van der Waals surface area contributed by atoms with Crippen LogP contribution >= 0.6 is 34.0 Å². The Morgan fingerprint density at radius 3 is 1.50 bits per heavy atom. The van der Waals surface area contributed by atoms with Crippen LogP contribution in [0.3, 0.4) is 0 Å². The molecule has 13 nitrogen and oxygen atoms in total. The fraction of sp³-hybridized carbons (Fsp3) is 0.0763. The molecule has 0 fully saturated rings. The number of pyridine rings is 5. The molecule has 17 heterocycles. The maximum atomic E-state index is 4.82. The second kappa shape index (κ2) is 37.9. The van der Waals surface area contributed by atoms with E-state index in [2.05, 4.69) is 420 Å². The molecular weight excluding hydrogens is 2010 g/mol. The van der Waals surface area contributed by atoms with Crippen LogP contribution in [0, 0.1) is 12.0 Å². The van der Waals surface area contributed by atoms with Crippen molar-refractivity contribution >= 4 is 294 Å². The van der Waals surface area contributed by atoms with Gasteiger partial charge in [0.05, 0.1) is 21.3 Å². The third kappa shape index (κ3) is 15.1. The molecule has 0 N–H and O–H groups in total. The Labute approximate surface area is 879 Å². The van der Waals surface area contributed by atoms with Crippen molar-refractivity contribution in [1.82, 2.24) is 62.3 Å². The van der Waals surface area contributed by atoms with Crippen LogP contribution in [0.4, 0.5) is 0 Å². The predicted molar refractivity (Wildman–Crippen MR) is 635 cm³/mol. The van der Waals surface area contributed by atoms with Gasteiger partial charge in [0.2, 0.25) is 0 Å². The maximum absolute atomic E-state index is 4.82. The van der Waals surface area contributed by atoms with Gasteiger partial charge in [0.25, 0.3) is 0 Å². The fourth-order valence-electron chi connectivity index (χ4n) is 22.7.